The van der Waals surface area contributed by atoms with Crippen LogP contribution < -0.4 is 5.32 Å². The average molecular weight is 339 g/mol. The zero-order valence-corrected chi connectivity index (χ0v) is 12.8. The Labute approximate surface area is 136 Å². The summed E-state index contributed by atoms with van der Waals surface area (Å²) in [4.78, 5) is 19.7. The number of amides is 1. The zero-order chi connectivity index (χ0) is 17.7. The minimum atomic E-state index is -4.44. The highest BCUT2D eigenvalue weighted by Gasteiger charge is 2.30. The van der Waals surface area contributed by atoms with Gasteiger partial charge in [-0.25, -0.2) is 4.98 Å². The molecule has 128 valence electrons. The van der Waals surface area contributed by atoms with E-state index in [9.17, 15) is 23.1 Å². The molecule has 1 aromatic carbocycles. The second kappa shape index (κ2) is 7.39. The van der Waals surface area contributed by atoms with Gasteiger partial charge in [-0.3, -0.25) is 9.78 Å². The number of hydrogen-bond acceptors (Lipinski definition) is 4. The first-order chi connectivity index (χ1) is 11.3. The fraction of sp³-hybridized carbons (Fsp3) is 0.312. The molecule has 0 saturated heterocycles. The zero-order valence-electron chi connectivity index (χ0n) is 12.8. The van der Waals surface area contributed by atoms with Gasteiger partial charge >= 0.3 is 6.18 Å². The normalized spacial score (nSPS) is 14.0. The summed E-state index contributed by atoms with van der Waals surface area (Å²) in [5.41, 5.74) is -0.417. The second-order valence-corrected chi connectivity index (χ2v) is 5.14. The Morgan fingerprint density at radius 1 is 1.25 bits per heavy atom. The molecule has 0 aliphatic rings. The fourth-order valence-corrected chi connectivity index (χ4v) is 2.16. The van der Waals surface area contributed by atoms with E-state index in [2.05, 4.69) is 15.3 Å². The molecule has 5 nitrogen and oxygen atoms in total. The van der Waals surface area contributed by atoms with Crippen LogP contribution in [-0.4, -0.2) is 27.0 Å². The fourth-order valence-electron chi connectivity index (χ4n) is 2.16. The molecule has 1 aromatic heterocycles. The van der Waals surface area contributed by atoms with E-state index in [4.69, 9.17) is 0 Å². The van der Waals surface area contributed by atoms with E-state index in [1.54, 1.807) is 6.92 Å². The third kappa shape index (κ3) is 4.29. The van der Waals surface area contributed by atoms with Crippen molar-refractivity contribution in [2.24, 2.45) is 0 Å². The van der Waals surface area contributed by atoms with Crippen LogP contribution in [0, 0.1) is 0 Å². The Morgan fingerprint density at radius 2 is 1.92 bits per heavy atom. The van der Waals surface area contributed by atoms with Crippen LogP contribution in [-0.2, 0) is 6.18 Å². The first-order valence-corrected chi connectivity index (χ1v) is 7.25. The highest BCUT2D eigenvalue weighted by atomic mass is 19.4. The molecule has 1 heterocycles. The van der Waals surface area contributed by atoms with E-state index in [0.717, 1.165) is 12.1 Å². The molecule has 0 aliphatic heterocycles. The summed E-state index contributed by atoms with van der Waals surface area (Å²) in [6.45, 7) is 1.74. The molecule has 2 unspecified atom stereocenters. The van der Waals surface area contributed by atoms with Gasteiger partial charge in [-0.1, -0.05) is 19.1 Å². The van der Waals surface area contributed by atoms with Crippen LogP contribution in [0.2, 0.25) is 0 Å². The van der Waals surface area contributed by atoms with E-state index >= 15 is 0 Å². The average Bonchev–Trinajstić information content (AvgIpc) is 2.59. The number of rotatable bonds is 5. The van der Waals surface area contributed by atoms with E-state index in [1.165, 1.54) is 30.7 Å². The summed E-state index contributed by atoms with van der Waals surface area (Å²) < 4.78 is 37.7. The highest BCUT2D eigenvalue weighted by molar-refractivity contribution is 5.92. The number of aliphatic hydroxyl groups is 1. The largest absolute Gasteiger partial charge is 0.416 e. The van der Waals surface area contributed by atoms with Gasteiger partial charge in [0.05, 0.1) is 23.9 Å². The number of aromatic nitrogens is 2. The van der Waals surface area contributed by atoms with Gasteiger partial charge in [0.15, 0.2) is 0 Å². The molecule has 2 rings (SSSR count). The molecule has 0 fully saturated rings. The summed E-state index contributed by atoms with van der Waals surface area (Å²) in [6.07, 6.45) is -1.13. The van der Waals surface area contributed by atoms with Crippen molar-refractivity contribution < 1.29 is 23.1 Å². The standard InChI is InChI=1S/C16H16F3N3O2/c1-2-12(22-15(24)13-9-20-7-8-21-13)14(23)10-3-5-11(6-4-10)16(17,18)19/h3-9,12,14,23H,2H2,1H3,(H,22,24). The van der Waals surface area contributed by atoms with Gasteiger partial charge in [0.2, 0.25) is 0 Å². The van der Waals surface area contributed by atoms with E-state index in [1.807, 2.05) is 0 Å². The molecule has 2 aromatic rings. The number of carbonyl (C=O) groups excluding carboxylic acids is 1. The van der Waals surface area contributed by atoms with E-state index in [0.29, 0.717) is 6.42 Å². The maximum absolute atomic E-state index is 12.6. The van der Waals surface area contributed by atoms with Crippen molar-refractivity contribution in [2.45, 2.75) is 31.7 Å². The van der Waals surface area contributed by atoms with Crippen molar-refractivity contribution in [1.29, 1.82) is 0 Å². The smallest absolute Gasteiger partial charge is 0.386 e. The summed E-state index contributed by atoms with van der Waals surface area (Å²) in [5, 5.41) is 13.0. The number of aliphatic hydroxyl groups excluding tert-OH is 1. The molecule has 24 heavy (non-hydrogen) atoms. The maximum atomic E-state index is 12.6. The van der Waals surface area contributed by atoms with Crippen LogP contribution in [0.1, 0.15) is 41.1 Å². The number of carbonyl (C=O) groups is 1. The van der Waals surface area contributed by atoms with Gasteiger partial charge in [0, 0.05) is 12.4 Å². The Morgan fingerprint density at radius 3 is 2.42 bits per heavy atom. The lowest BCUT2D eigenvalue weighted by Crippen LogP contribution is -2.39. The minimum absolute atomic E-state index is 0.0931. The van der Waals surface area contributed by atoms with Crippen LogP contribution in [0.25, 0.3) is 0 Å². The van der Waals surface area contributed by atoms with Gasteiger partial charge in [0.25, 0.3) is 5.91 Å². The molecule has 8 heteroatoms. The number of nitrogens with one attached hydrogen (secondary N) is 1. The van der Waals surface area contributed by atoms with Crippen LogP contribution in [0.5, 0.6) is 0 Å². The van der Waals surface area contributed by atoms with Crippen molar-refractivity contribution in [3.8, 4) is 0 Å². The van der Waals surface area contributed by atoms with Crippen LogP contribution in [0.15, 0.2) is 42.9 Å². The molecular weight excluding hydrogens is 323 g/mol. The second-order valence-electron chi connectivity index (χ2n) is 5.14. The third-order valence-electron chi connectivity index (χ3n) is 3.51. The van der Waals surface area contributed by atoms with Crippen molar-refractivity contribution in [2.75, 3.05) is 0 Å². The number of alkyl halides is 3. The molecule has 1 amide bonds. The Kier molecular flexibility index (Phi) is 5.50. The van der Waals surface area contributed by atoms with Gasteiger partial charge in [-0.05, 0) is 24.1 Å². The van der Waals surface area contributed by atoms with Crippen LogP contribution in [0.4, 0.5) is 13.2 Å². The van der Waals surface area contributed by atoms with Gasteiger partial charge in [-0.2, -0.15) is 13.2 Å². The lowest BCUT2D eigenvalue weighted by atomic mass is 9.99. The van der Waals surface area contributed by atoms with Crippen molar-refractivity contribution in [3.63, 3.8) is 0 Å². The Balaban J connectivity index is 2.11. The SMILES string of the molecule is CCC(NC(=O)c1cnccn1)C(O)c1ccc(C(F)(F)F)cc1. The van der Waals surface area contributed by atoms with Gasteiger partial charge in [0.1, 0.15) is 5.69 Å². The van der Waals surface area contributed by atoms with Crippen LogP contribution in [0.3, 0.4) is 0 Å². The van der Waals surface area contributed by atoms with Crippen LogP contribution >= 0.6 is 0 Å². The topological polar surface area (TPSA) is 75.1 Å². The maximum Gasteiger partial charge on any atom is 0.416 e. The highest BCUT2D eigenvalue weighted by Crippen LogP contribution is 2.30. The summed E-state index contributed by atoms with van der Waals surface area (Å²) in [5.74, 6) is -0.513. The predicted molar refractivity (Wildman–Crippen MR) is 80.0 cm³/mol. The number of hydrogen-bond donors (Lipinski definition) is 2. The van der Waals surface area contributed by atoms with E-state index in [-0.39, 0.29) is 11.3 Å². The molecule has 0 spiro atoms. The number of halogens is 3. The van der Waals surface area contributed by atoms with Gasteiger partial charge in [-0.15, -0.1) is 0 Å². The third-order valence-corrected chi connectivity index (χ3v) is 3.51. The molecule has 2 N–H and O–H groups in total. The predicted octanol–water partition coefficient (Wildman–Crippen LogP) is 2.74. The van der Waals surface area contributed by atoms with E-state index < -0.39 is 29.8 Å². The molecule has 0 bridgehead atoms. The quantitative estimate of drug-likeness (QED) is 0.878. The molecule has 0 saturated carbocycles. The minimum Gasteiger partial charge on any atom is -0.386 e. The molecule has 0 radical (unpaired) electrons. The lowest BCUT2D eigenvalue weighted by Gasteiger charge is -2.23. The summed E-state index contributed by atoms with van der Waals surface area (Å²) in [6, 6.07) is 3.53. The lowest BCUT2D eigenvalue weighted by molar-refractivity contribution is -0.137. The number of benzene rings is 1. The van der Waals surface area contributed by atoms with Crippen molar-refractivity contribution in [3.05, 3.63) is 59.7 Å². The van der Waals surface area contributed by atoms with Crippen molar-refractivity contribution >= 4 is 5.91 Å². The molecule has 2 atom stereocenters. The Hall–Kier alpha value is -2.48. The summed E-state index contributed by atoms with van der Waals surface area (Å²) in [7, 11) is 0. The number of nitrogens with zero attached hydrogens (tertiary/aromatic N) is 2. The molecule has 0 aliphatic carbocycles. The monoisotopic (exact) mass is 339 g/mol. The van der Waals surface area contributed by atoms with Gasteiger partial charge < -0.3 is 10.4 Å². The Bertz CT molecular complexity index is 675. The first-order valence-electron chi connectivity index (χ1n) is 7.25. The molecular formula is C16H16F3N3O2. The summed E-state index contributed by atoms with van der Waals surface area (Å²) >= 11 is 0. The first kappa shape index (κ1) is 17.9. The van der Waals surface area contributed by atoms with Crippen molar-refractivity contribution in [1.82, 2.24) is 15.3 Å².